The number of hydrogen-bond acceptors (Lipinski definition) is 5. The van der Waals surface area contributed by atoms with Crippen molar-refractivity contribution in [2.24, 2.45) is 0 Å². The predicted molar refractivity (Wildman–Crippen MR) is 104 cm³/mol. The van der Waals surface area contributed by atoms with E-state index in [2.05, 4.69) is 5.32 Å². The fourth-order valence-electron chi connectivity index (χ4n) is 2.47. The molecule has 2 aromatic carbocycles. The smallest absolute Gasteiger partial charge is 0.280 e. The SMILES string of the molecule is N#C/C(=C/c1ccc(-c2ccccc2[N+](=O)[O-])o1)C(=O)Nc1cccc(Cl)c1. The molecule has 3 aromatic rings. The quantitative estimate of drug-likeness (QED) is 0.282. The number of nitro benzene ring substituents is 1. The summed E-state index contributed by atoms with van der Waals surface area (Å²) in [5.41, 5.74) is 0.447. The van der Waals surface area contributed by atoms with E-state index in [0.29, 0.717) is 16.3 Å². The minimum atomic E-state index is -0.631. The van der Waals surface area contributed by atoms with Crippen LogP contribution in [0.2, 0.25) is 5.02 Å². The molecule has 0 aliphatic heterocycles. The number of amides is 1. The minimum absolute atomic E-state index is 0.105. The molecule has 8 heteroatoms. The molecule has 0 aliphatic carbocycles. The molecule has 0 aliphatic rings. The number of benzene rings is 2. The number of carbonyl (C=O) groups excluding carboxylic acids is 1. The first-order valence-electron chi connectivity index (χ1n) is 8.00. The second kappa shape index (κ2) is 8.20. The Kier molecular flexibility index (Phi) is 5.53. The maximum atomic E-state index is 12.3. The van der Waals surface area contributed by atoms with Gasteiger partial charge >= 0.3 is 0 Å². The van der Waals surface area contributed by atoms with Crippen LogP contribution in [0.5, 0.6) is 0 Å². The van der Waals surface area contributed by atoms with Crippen molar-refractivity contribution >= 4 is 35.0 Å². The lowest BCUT2D eigenvalue weighted by atomic mass is 10.1. The van der Waals surface area contributed by atoms with Crippen molar-refractivity contribution in [2.45, 2.75) is 0 Å². The molecule has 0 fully saturated rings. The van der Waals surface area contributed by atoms with Crippen molar-refractivity contribution in [2.75, 3.05) is 5.32 Å². The second-order valence-corrected chi connectivity index (χ2v) is 6.05. The highest BCUT2D eigenvalue weighted by atomic mass is 35.5. The maximum Gasteiger partial charge on any atom is 0.280 e. The minimum Gasteiger partial charge on any atom is -0.456 e. The predicted octanol–water partition coefficient (Wildman–Crippen LogP) is 5.05. The van der Waals surface area contributed by atoms with Gasteiger partial charge in [-0.15, -0.1) is 0 Å². The molecule has 0 bridgehead atoms. The van der Waals surface area contributed by atoms with Gasteiger partial charge < -0.3 is 9.73 Å². The summed E-state index contributed by atoms with van der Waals surface area (Å²) in [6.07, 6.45) is 1.26. The summed E-state index contributed by atoms with van der Waals surface area (Å²) in [6.45, 7) is 0. The van der Waals surface area contributed by atoms with Gasteiger partial charge in [-0.25, -0.2) is 0 Å². The van der Waals surface area contributed by atoms with E-state index >= 15 is 0 Å². The molecule has 0 unspecified atom stereocenters. The first-order chi connectivity index (χ1) is 13.5. The first kappa shape index (κ1) is 18.9. The highest BCUT2D eigenvalue weighted by molar-refractivity contribution is 6.31. The summed E-state index contributed by atoms with van der Waals surface area (Å²) < 4.78 is 5.58. The number of anilines is 1. The zero-order chi connectivity index (χ0) is 20.1. The van der Waals surface area contributed by atoms with Crippen LogP contribution in [0.15, 0.2) is 70.7 Å². The van der Waals surface area contributed by atoms with Crippen molar-refractivity contribution in [3.05, 3.63) is 87.1 Å². The van der Waals surface area contributed by atoms with E-state index in [0.717, 1.165) is 0 Å². The van der Waals surface area contributed by atoms with Crippen LogP contribution in [0, 0.1) is 21.4 Å². The van der Waals surface area contributed by atoms with Crippen LogP contribution in [-0.2, 0) is 4.79 Å². The molecule has 3 rings (SSSR count). The third kappa shape index (κ3) is 4.26. The standard InChI is InChI=1S/C20H12ClN3O4/c21-14-4-3-5-15(11-14)23-20(25)13(12-22)10-16-8-9-19(28-16)17-6-1-2-7-18(17)24(26)27/h1-11H,(H,23,25)/b13-10-. The van der Waals surface area contributed by atoms with Crippen LogP contribution in [-0.4, -0.2) is 10.8 Å². The molecular weight excluding hydrogens is 382 g/mol. The molecule has 0 saturated carbocycles. The Morgan fingerprint density at radius 2 is 1.96 bits per heavy atom. The maximum absolute atomic E-state index is 12.3. The van der Waals surface area contributed by atoms with Gasteiger partial charge in [0.2, 0.25) is 0 Å². The van der Waals surface area contributed by atoms with Gasteiger partial charge in [-0.3, -0.25) is 14.9 Å². The Morgan fingerprint density at radius 1 is 1.18 bits per heavy atom. The lowest BCUT2D eigenvalue weighted by Crippen LogP contribution is -2.13. The Bertz CT molecular complexity index is 1130. The lowest BCUT2D eigenvalue weighted by Gasteiger charge is -2.04. The van der Waals surface area contributed by atoms with Gasteiger partial charge in [-0.1, -0.05) is 29.8 Å². The van der Waals surface area contributed by atoms with E-state index in [-0.39, 0.29) is 22.8 Å². The molecular formula is C20H12ClN3O4. The Hall–Kier alpha value is -3.89. The molecule has 28 heavy (non-hydrogen) atoms. The van der Waals surface area contributed by atoms with Crippen LogP contribution < -0.4 is 5.32 Å². The normalized spacial score (nSPS) is 10.9. The number of rotatable bonds is 5. The molecule has 0 spiro atoms. The van der Waals surface area contributed by atoms with E-state index in [1.165, 1.54) is 24.3 Å². The van der Waals surface area contributed by atoms with Crippen molar-refractivity contribution < 1.29 is 14.1 Å². The van der Waals surface area contributed by atoms with E-state index < -0.39 is 10.8 Å². The number of hydrogen-bond donors (Lipinski definition) is 1. The van der Waals surface area contributed by atoms with Crippen LogP contribution >= 0.6 is 11.6 Å². The van der Waals surface area contributed by atoms with Gasteiger partial charge in [0.05, 0.1) is 10.5 Å². The molecule has 0 radical (unpaired) electrons. The third-order valence-corrected chi connectivity index (χ3v) is 3.96. The number of nitrogens with zero attached hydrogens (tertiary/aromatic N) is 2. The van der Waals surface area contributed by atoms with E-state index in [4.69, 9.17) is 16.0 Å². The molecule has 1 aromatic heterocycles. The molecule has 7 nitrogen and oxygen atoms in total. The van der Waals surface area contributed by atoms with Crippen molar-refractivity contribution in [1.82, 2.24) is 0 Å². The van der Waals surface area contributed by atoms with Gasteiger partial charge in [0, 0.05) is 22.9 Å². The Labute approximate surface area is 164 Å². The fourth-order valence-corrected chi connectivity index (χ4v) is 2.66. The monoisotopic (exact) mass is 393 g/mol. The molecule has 1 amide bonds. The summed E-state index contributed by atoms with van der Waals surface area (Å²) in [5, 5.41) is 23.5. The van der Waals surface area contributed by atoms with E-state index in [9.17, 15) is 20.2 Å². The summed E-state index contributed by atoms with van der Waals surface area (Å²) in [7, 11) is 0. The molecule has 138 valence electrons. The third-order valence-electron chi connectivity index (χ3n) is 3.73. The van der Waals surface area contributed by atoms with Crippen molar-refractivity contribution in [3.8, 4) is 17.4 Å². The average molecular weight is 394 g/mol. The van der Waals surface area contributed by atoms with Gasteiger partial charge in [0.15, 0.2) is 0 Å². The van der Waals surface area contributed by atoms with Crippen molar-refractivity contribution in [3.63, 3.8) is 0 Å². The number of nitrogens with one attached hydrogen (secondary N) is 1. The highest BCUT2D eigenvalue weighted by Gasteiger charge is 2.17. The number of para-hydroxylation sites is 1. The summed E-state index contributed by atoms with van der Waals surface area (Å²) in [4.78, 5) is 23.0. The van der Waals surface area contributed by atoms with Gasteiger partial charge in [0.25, 0.3) is 11.6 Å². The summed E-state index contributed by atoms with van der Waals surface area (Å²) in [6, 6.07) is 17.5. The summed E-state index contributed by atoms with van der Waals surface area (Å²) >= 11 is 5.87. The van der Waals surface area contributed by atoms with E-state index in [1.807, 2.05) is 6.07 Å². The number of nitriles is 1. The van der Waals surface area contributed by atoms with E-state index in [1.54, 1.807) is 42.5 Å². The molecule has 0 atom stereocenters. The van der Waals surface area contributed by atoms with Crippen molar-refractivity contribution in [1.29, 1.82) is 5.26 Å². The number of halogens is 1. The topological polar surface area (TPSA) is 109 Å². The van der Waals surface area contributed by atoms with Crippen LogP contribution in [0.4, 0.5) is 11.4 Å². The van der Waals surface area contributed by atoms with Gasteiger partial charge in [-0.05, 0) is 36.4 Å². The molecule has 1 N–H and O–H groups in total. The molecule has 1 heterocycles. The fraction of sp³-hybridized carbons (Fsp3) is 0. The average Bonchev–Trinajstić information content (AvgIpc) is 3.14. The highest BCUT2D eigenvalue weighted by Crippen LogP contribution is 2.31. The zero-order valence-corrected chi connectivity index (χ0v) is 15.0. The number of nitro groups is 1. The number of furan rings is 1. The second-order valence-electron chi connectivity index (χ2n) is 5.61. The van der Waals surface area contributed by atoms with Crippen LogP contribution in [0.25, 0.3) is 17.4 Å². The van der Waals surface area contributed by atoms with Crippen LogP contribution in [0.3, 0.4) is 0 Å². The summed E-state index contributed by atoms with van der Waals surface area (Å²) in [5.74, 6) is -0.162. The molecule has 0 saturated heterocycles. The largest absolute Gasteiger partial charge is 0.456 e. The number of carbonyl (C=O) groups is 1. The van der Waals surface area contributed by atoms with Gasteiger partial charge in [-0.2, -0.15) is 5.26 Å². The van der Waals surface area contributed by atoms with Crippen LogP contribution in [0.1, 0.15) is 5.76 Å². The Morgan fingerprint density at radius 3 is 2.68 bits per heavy atom. The van der Waals surface area contributed by atoms with Gasteiger partial charge in [0.1, 0.15) is 23.2 Å². The zero-order valence-electron chi connectivity index (χ0n) is 14.3. The Balaban J connectivity index is 1.86. The lowest BCUT2D eigenvalue weighted by molar-refractivity contribution is -0.384. The first-order valence-corrected chi connectivity index (χ1v) is 8.38.